The van der Waals surface area contributed by atoms with Crippen molar-refractivity contribution in [1.29, 1.82) is 0 Å². The van der Waals surface area contributed by atoms with Crippen molar-refractivity contribution in [3.63, 3.8) is 0 Å². The second kappa shape index (κ2) is 6.05. The molecule has 23 heavy (non-hydrogen) atoms. The third-order valence-electron chi connectivity index (χ3n) is 4.21. The molecule has 6 nitrogen and oxygen atoms in total. The van der Waals surface area contributed by atoms with E-state index in [1.807, 2.05) is 35.9 Å². The first kappa shape index (κ1) is 16.1. The molecule has 7 heteroatoms. The van der Waals surface area contributed by atoms with Crippen LogP contribution in [0.1, 0.15) is 30.6 Å². The van der Waals surface area contributed by atoms with E-state index in [0.717, 1.165) is 34.5 Å². The number of rotatable bonds is 3. The number of aromatic nitrogens is 3. The van der Waals surface area contributed by atoms with Crippen LogP contribution in [0, 0.1) is 6.92 Å². The van der Waals surface area contributed by atoms with Crippen LogP contribution in [0.15, 0.2) is 28.7 Å². The van der Waals surface area contributed by atoms with E-state index in [1.54, 1.807) is 6.92 Å². The molecule has 3 N–H and O–H groups in total. The van der Waals surface area contributed by atoms with Gasteiger partial charge in [0.05, 0.1) is 6.54 Å². The van der Waals surface area contributed by atoms with Gasteiger partial charge in [-0.2, -0.15) is 5.10 Å². The molecule has 1 aliphatic rings. The molecule has 0 aliphatic carbocycles. The summed E-state index contributed by atoms with van der Waals surface area (Å²) >= 11 is 3.39. The van der Waals surface area contributed by atoms with Crippen LogP contribution < -0.4 is 11.1 Å². The average Bonchev–Trinajstić information content (AvgIpc) is 2.87. The summed E-state index contributed by atoms with van der Waals surface area (Å²) in [6, 6.07) is 7.53. The summed E-state index contributed by atoms with van der Waals surface area (Å²) in [5.74, 6) is 1.58. The third-order valence-corrected chi connectivity index (χ3v) is 4.74. The molecule has 0 spiro atoms. The zero-order valence-electron chi connectivity index (χ0n) is 13.2. The van der Waals surface area contributed by atoms with E-state index in [4.69, 9.17) is 5.73 Å². The molecular weight excluding hydrogens is 358 g/mol. The van der Waals surface area contributed by atoms with E-state index >= 15 is 0 Å². The molecule has 2 heterocycles. The quantitative estimate of drug-likeness (QED) is 0.851. The summed E-state index contributed by atoms with van der Waals surface area (Å²) in [6.45, 7) is 4.25. The summed E-state index contributed by atoms with van der Waals surface area (Å²) < 4.78 is 2.83. The minimum absolute atomic E-state index is 0.0226. The van der Waals surface area contributed by atoms with Gasteiger partial charge in [-0.05, 0) is 38.0 Å². The van der Waals surface area contributed by atoms with E-state index in [9.17, 15) is 4.79 Å². The zero-order valence-corrected chi connectivity index (χ0v) is 14.8. The van der Waals surface area contributed by atoms with Gasteiger partial charge in [0, 0.05) is 16.9 Å². The van der Waals surface area contributed by atoms with Crippen LogP contribution in [0.25, 0.3) is 0 Å². The number of nitrogens with one attached hydrogen (secondary N) is 1. The third kappa shape index (κ3) is 3.30. The van der Waals surface area contributed by atoms with E-state index in [-0.39, 0.29) is 11.9 Å². The molecule has 0 saturated heterocycles. The van der Waals surface area contributed by atoms with Crippen molar-refractivity contribution in [3.05, 3.63) is 46.0 Å². The molecule has 1 aliphatic heterocycles. The van der Waals surface area contributed by atoms with Gasteiger partial charge in [-0.25, -0.2) is 9.67 Å². The molecule has 3 rings (SSSR count). The number of hydrogen-bond donors (Lipinski definition) is 2. The van der Waals surface area contributed by atoms with Crippen molar-refractivity contribution in [2.75, 3.05) is 0 Å². The second-order valence-electron chi connectivity index (χ2n) is 6.18. The Morgan fingerprint density at radius 3 is 2.83 bits per heavy atom. The minimum Gasteiger partial charge on any atom is -0.350 e. The molecule has 2 unspecified atom stereocenters. The number of fused-ring (bicyclic) bond motifs is 1. The number of nitrogens with zero attached hydrogens (tertiary/aromatic N) is 3. The zero-order chi connectivity index (χ0) is 16.6. The number of nitrogens with two attached hydrogens (primary N) is 1. The van der Waals surface area contributed by atoms with E-state index < -0.39 is 5.54 Å². The maximum atomic E-state index is 12.6. The summed E-state index contributed by atoms with van der Waals surface area (Å²) in [7, 11) is 0. The van der Waals surface area contributed by atoms with Crippen LogP contribution in [0.3, 0.4) is 0 Å². The lowest BCUT2D eigenvalue weighted by Gasteiger charge is -2.29. The Morgan fingerprint density at radius 2 is 2.13 bits per heavy atom. The molecular formula is C16H20BrN5O. The molecule has 122 valence electrons. The van der Waals surface area contributed by atoms with Crippen LogP contribution in [-0.4, -0.2) is 26.7 Å². The Hall–Kier alpha value is -1.73. The number of amides is 1. The maximum absolute atomic E-state index is 12.6. The van der Waals surface area contributed by atoms with Crippen molar-refractivity contribution < 1.29 is 4.79 Å². The molecule has 1 aromatic carbocycles. The van der Waals surface area contributed by atoms with E-state index in [2.05, 4.69) is 31.3 Å². The van der Waals surface area contributed by atoms with E-state index in [0.29, 0.717) is 6.54 Å². The standard InChI is InChI=1S/C16H20BrN5O/c1-10-19-14-8-7-13(9-22(14)21-10)20-15(23)16(2,18)11-3-5-12(17)6-4-11/h3-6,13H,7-9,18H2,1-2H3,(H,20,23). The van der Waals surface area contributed by atoms with Crippen LogP contribution >= 0.6 is 15.9 Å². The van der Waals surface area contributed by atoms with Crippen LogP contribution in [0.5, 0.6) is 0 Å². The topological polar surface area (TPSA) is 85.8 Å². The Morgan fingerprint density at radius 1 is 1.43 bits per heavy atom. The summed E-state index contributed by atoms with van der Waals surface area (Å²) in [6.07, 6.45) is 1.66. The lowest BCUT2D eigenvalue weighted by atomic mass is 9.91. The number of halogens is 1. The lowest BCUT2D eigenvalue weighted by Crippen LogP contribution is -2.53. The summed E-state index contributed by atoms with van der Waals surface area (Å²) in [5.41, 5.74) is 6.00. The van der Waals surface area contributed by atoms with Gasteiger partial charge in [-0.15, -0.1) is 0 Å². The summed E-state index contributed by atoms with van der Waals surface area (Å²) in [5, 5.41) is 7.41. The summed E-state index contributed by atoms with van der Waals surface area (Å²) in [4.78, 5) is 17.0. The molecule has 2 atom stereocenters. The highest BCUT2D eigenvalue weighted by Gasteiger charge is 2.33. The first-order valence-corrected chi connectivity index (χ1v) is 8.42. The molecule has 2 aromatic rings. The van der Waals surface area contributed by atoms with Gasteiger partial charge in [0.1, 0.15) is 17.2 Å². The maximum Gasteiger partial charge on any atom is 0.244 e. The molecule has 0 bridgehead atoms. The van der Waals surface area contributed by atoms with Crippen molar-refractivity contribution in [1.82, 2.24) is 20.1 Å². The van der Waals surface area contributed by atoms with Gasteiger partial charge in [-0.1, -0.05) is 28.1 Å². The normalized spacial score (nSPS) is 19.7. The van der Waals surface area contributed by atoms with Gasteiger partial charge in [0.2, 0.25) is 5.91 Å². The van der Waals surface area contributed by atoms with Crippen LogP contribution in [0.4, 0.5) is 0 Å². The second-order valence-corrected chi connectivity index (χ2v) is 7.09. The Bertz CT molecular complexity index is 723. The van der Waals surface area contributed by atoms with Gasteiger partial charge in [-0.3, -0.25) is 4.79 Å². The average molecular weight is 378 g/mol. The number of carbonyl (C=O) groups is 1. The van der Waals surface area contributed by atoms with E-state index in [1.165, 1.54) is 0 Å². The fourth-order valence-corrected chi connectivity index (χ4v) is 3.08. The number of aryl methyl sites for hydroxylation is 2. The van der Waals surface area contributed by atoms with Crippen molar-refractivity contribution in [2.24, 2.45) is 5.73 Å². The number of carbonyl (C=O) groups excluding carboxylic acids is 1. The Labute approximate surface area is 143 Å². The fourth-order valence-electron chi connectivity index (χ4n) is 2.81. The molecule has 0 fully saturated rings. The predicted octanol–water partition coefficient (Wildman–Crippen LogP) is 1.65. The molecule has 0 saturated carbocycles. The minimum atomic E-state index is -1.07. The first-order chi connectivity index (χ1) is 10.9. The lowest BCUT2D eigenvalue weighted by molar-refractivity contribution is -0.127. The van der Waals surface area contributed by atoms with Crippen molar-refractivity contribution in [3.8, 4) is 0 Å². The molecule has 0 radical (unpaired) electrons. The van der Waals surface area contributed by atoms with Crippen molar-refractivity contribution >= 4 is 21.8 Å². The Balaban J connectivity index is 1.70. The molecule has 1 amide bonds. The largest absolute Gasteiger partial charge is 0.350 e. The van der Waals surface area contributed by atoms with Crippen LogP contribution in [0.2, 0.25) is 0 Å². The van der Waals surface area contributed by atoms with Gasteiger partial charge in [0.25, 0.3) is 0 Å². The van der Waals surface area contributed by atoms with Gasteiger partial charge in [0.15, 0.2) is 0 Å². The smallest absolute Gasteiger partial charge is 0.244 e. The highest BCUT2D eigenvalue weighted by atomic mass is 79.9. The van der Waals surface area contributed by atoms with Crippen LogP contribution in [-0.2, 0) is 23.3 Å². The number of benzene rings is 1. The molecule has 1 aromatic heterocycles. The predicted molar refractivity (Wildman–Crippen MR) is 90.7 cm³/mol. The number of hydrogen-bond acceptors (Lipinski definition) is 4. The highest BCUT2D eigenvalue weighted by molar-refractivity contribution is 9.10. The van der Waals surface area contributed by atoms with Gasteiger partial charge < -0.3 is 11.1 Å². The fraction of sp³-hybridized carbons (Fsp3) is 0.438. The van der Waals surface area contributed by atoms with Gasteiger partial charge >= 0.3 is 0 Å². The van der Waals surface area contributed by atoms with Crippen molar-refractivity contribution in [2.45, 2.75) is 44.8 Å². The highest BCUT2D eigenvalue weighted by Crippen LogP contribution is 2.22. The monoisotopic (exact) mass is 377 g/mol. The Kier molecular flexibility index (Phi) is 4.25. The first-order valence-electron chi connectivity index (χ1n) is 7.62. The SMILES string of the molecule is Cc1nc2n(n1)CC(NC(=O)C(C)(N)c1ccc(Br)cc1)CC2.